The molecule has 1 aromatic carbocycles. The molecule has 104 valence electrons. The summed E-state index contributed by atoms with van der Waals surface area (Å²) in [6.07, 6.45) is 1.99. The van der Waals surface area contributed by atoms with Crippen molar-refractivity contribution >= 4 is 5.69 Å². The molecule has 0 saturated carbocycles. The summed E-state index contributed by atoms with van der Waals surface area (Å²) in [5.41, 5.74) is 1.25. The number of hydrogen-bond donors (Lipinski definition) is 0. The van der Waals surface area contributed by atoms with E-state index in [0.29, 0.717) is 12.1 Å². The van der Waals surface area contributed by atoms with E-state index in [1.54, 1.807) is 7.11 Å². The molecule has 1 aliphatic rings. The van der Waals surface area contributed by atoms with Gasteiger partial charge in [0, 0.05) is 43.5 Å². The van der Waals surface area contributed by atoms with Crippen LogP contribution >= 0.6 is 0 Å². The molecule has 2 rings (SSSR count). The number of benzene rings is 1. The second kappa shape index (κ2) is 6.11. The van der Waals surface area contributed by atoms with Gasteiger partial charge in [-0.1, -0.05) is 12.1 Å². The molecule has 0 amide bonds. The number of rotatable bonds is 4. The molecule has 1 heterocycles. The number of nitrogens with zero attached hydrogens (tertiary/aromatic N) is 2. The van der Waals surface area contributed by atoms with E-state index in [-0.39, 0.29) is 0 Å². The summed E-state index contributed by atoms with van der Waals surface area (Å²) >= 11 is 0. The molecule has 19 heavy (non-hydrogen) atoms. The van der Waals surface area contributed by atoms with Crippen molar-refractivity contribution in [1.82, 2.24) is 4.90 Å². The van der Waals surface area contributed by atoms with Gasteiger partial charge < -0.3 is 9.64 Å². The predicted octanol–water partition coefficient (Wildman–Crippen LogP) is 2.78. The van der Waals surface area contributed by atoms with Crippen molar-refractivity contribution in [3.05, 3.63) is 36.9 Å². The highest BCUT2D eigenvalue weighted by Crippen LogP contribution is 2.26. The van der Waals surface area contributed by atoms with Crippen molar-refractivity contribution in [2.75, 3.05) is 31.6 Å². The first-order chi connectivity index (χ1) is 9.15. The molecule has 3 heteroatoms. The van der Waals surface area contributed by atoms with E-state index in [2.05, 4.69) is 48.4 Å². The second-order valence-electron chi connectivity index (χ2n) is 5.29. The number of hydrogen-bond acceptors (Lipinski definition) is 3. The highest BCUT2D eigenvalue weighted by atomic mass is 16.5. The van der Waals surface area contributed by atoms with E-state index in [0.717, 1.165) is 25.4 Å². The zero-order valence-corrected chi connectivity index (χ0v) is 12.2. The largest absolute Gasteiger partial charge is 0.497 e. The van der Waals surface area contributed by atoms with Gasteiger partial charge in [-0.2, -0.15) is 0 Å². The maximum absolute atomic E-state index is 5.32. The molecule has 1 saturated heterocycles. The maximum Gasteiger partial charge on any atom is 0.120 e. The smallest absolute Gasteiger partial charge is 0.120 e. The van der Waals surface area contributed by atoms with Crippen molar-refractivity contribution in [1.29, 1.82) is 0 Å². The maximum atomic E-state index is 5.32. The van der Waals surface area contributed by atoms with Gasteiger partial charge in [0.05, 0.1) is 7.11 Å². The molecule has 2 unspecified atom stereocenters. The Balaban J connectivity index is 2.14. The highest BCUT2D eigenvalue weighted by Gasteiger charge is 2.28. The van der Waals surface area contributed by atoms with Gasteiger partial charge in [-0.3, -0.25) is 4.90 Å². The van der Waals surface area contributed by atoms with Crippen molar-refractivity contribution < 1.29 is 4.74 Å². The fourth-order valence-electron chi connectivity index (χ4n) is 2.77. The van der Waals surface area contributed by atoms with E-state index in [1.165, 1.54) is 5.69 Å². The van der Waals surface area contributed by atoms with Gasteiger partial charge in [-0.05, 0) is 26.0 Å². The summed E-state index contributed by atoms with van der Waals surface area (Å²) in [7, 11) is 1.72. The summed E-state index contributed by atoms with van der Waals surface area (Å²) in [6.45, 7) is 11.5. The Hall–Kier alpha value is -1.48. The molecule has 1 aromatic rings. The van der Waals surface area contributed by atoms with Gasteiger partial charge >= 0.3 is 0 Å². The third-order valence-electron chi connectivity index (χ3n) is 3.86. The zero-order chi connectivity index (χ0) is 13.8. The van der Waals surface area contributed by atoms with Gasteiger partial charge in [0.2, 0.25) is 0 Å². The van der Waals surface area contributed by atoms with Crippen molar-refractivity contribution in [2.45, 2.75) is 25.9 Å². The van der Waals surface area contributed by atoms with E-state index in [1.807, 2.05) is 12.1 Å². The number of anilines is 1. The molecule has 0 N–H and O–H groups in total. The molecular weight excluding hydrogens is 236 g/mol. The van der Waals surface area contributed by atoms with E-state index >= 15 is 0 Å². The van der Waals surface area contributed by atoms with Crippen LogP contribution in [0.5, 0.6) is 5.75 Å². The van der Waals surface area contributed by atoms with Gasteiger partial charge in [0.25, 0.3) is 0 Å². The fraction of sp³-hybridized carbons (Fsp3) is 0.500. The summed E-state index contributed by atoms with van der Waals surface area (Å²) in [6, 6.07) is 9.37. The Kier molecular flexibility index (Phi) is 4.48. The van der Waals surface area contributed by atoms with Crippen LogP contribution in [-0.2, 0) is 0 Å². The van der Waals surface area contributed by atoms with Crippen LogP contribution in [0, 0.1) is 0 Å². The highest BCUT2D eigenvalue weighted by molar-refractivity contribution is 5.52. The SMILES string of the molecule is C=CCN1CC(C)N(c2cccc(OC)c2)CC1C. The van der Waals surface area contributed by atoms with Crippen molar-refractivity contribution in [3.8, 4) is 5.75 Å². The molecule has 1 fully saturated rings. The Morgan fingerprint density at radius 1 is 1.32 bits per heavy atom. The quantitative estimate of drug-likeness (QED) is 0.774. The van der Waals surface area contributed by atoms with Gasteiger partial charge in [-0.25, -0.2) is 0 Å². The Morgan fingerprint density at radius 2 is 2.11 bits per heavy atom. The minimum absolute atomic E-state index is 0.503. The Morgan fingerprint density at radius 3 is 2.79 bits per heavy atom. The van der Waals surface area contributed by atoms with Crippen LogP contribution in [0.1, 0.15) is 13.8 Å². The minimum atomic E-state index is 0.503. The predicted molar refractivity (Wildman–Crippen MR) is 81.0 cm³/mol. The first-order valence-corrected chi connectivity index (χ1v) is 6.91. The standard InChI is InChI=1S/C16H24N2O/c1-5-9-17-11-14(3)18(12-13(17)2)15-7-6-8-16(10-15)19-4/h5-8,10,13-14H,1,9,11-12H2,2-4H3. The molecule has 0 spiro atoms. The van der Waals surface area contributed by atoms with Crippen LogP contribution in [0.4, 0.5) is 5.69 Å². The first-order valence-electron chi connectivity index (χ1n) is 6.91. The molecular formula is C16H24N2O. The van der Waals surface area contributed by atoms with Crippen LogP contribution in [0.25, 0.3) is 0 Å². The molecule has 3 nitrogen and oxygen atoms in total. The van der Waals surface area contributed by atoms with Crippen molar-refractivity contribution in [3.63, 3.8) is 0 Å². The first kappa shape index (κ1) is 13.9. The third kappa shape index (κ3) is 3.10. The average molecular weight is 260 g/mol. The topological polar surface area (TPSA) is 15.7 Å². The summed E-state index contributed by atoms with van der Waals surface area (Å²) in [5, 5.41) is 0. The lowest BCUT2D eigenvalue weighted by Gasteiger charge is -2.45. The van der Waals surface area contributed by atoms with Crippen LogP contribution in [0.2, 0.25) is 0 Å². The van der Waals surface area contributed by atoms with Crippen molar-refractivity contribution in [2.24, 2.45) is 0 Å². The van der Waals surface area contributed by atoms with Gasteiger partial charge in [-0.15, -0.1) is 6.58 Å². The molecule has 1 aliphatic heterocycles. The lowest BCUT2D eigenvalue weighted by molar-refractivity contribution is 0.184. The minimum Gasteiger partial charge on any atom is -0.497 e. The van der Waals surface area contributed by atoms with Crippen LogP contribution < -0.4 is 9.64 Å². The van der Waals surface area contributed by atoms with Gasteiger partial charge in [0.15, 0.2) is 0 Å². The second-order valence-corrected chi connectivity index (χ2v) is 5.29. The summed E-state index contributed by atoms with van der Waals surface area (Å²) in [4.78, 5) is 4.95. The van der Waals surface area contributed by atoms with Crippen LogP contribution in [-0.4, -0.2) is 43.7 Å². The fourth-order valence-corrected chi connectivity index (χ4v) is 2.77. The third-order valence-corrected chi connectivity index (χ3v) is 3.86. The monoisotopic (exact) mass is 260 g/mol. The van der Waals surface area contributed by atoms with E-state index < -0.39 is 0 Å². The summed E-state index contributed by atoms with van der Waals surface area (Å²) in [5.74, 6) is 0.922. The Bertz CT molecular complexity index is 433. The van der Waals surface area contributed by atoms with Crippen LogP contribution in [0.15, 0.2) is 36.9 Å². The summed E-state index contributed by atoms with van der Waals surface area (Å²) < 4.78 is 5.32. The molecule has 0 bridgehead atoms. The van der Waals surface area contributed by atoms with Gasteiger partial charge in [0.1, 0.15) is 5.75 Å². The molecule has 0 radical (unpaired) electrons. The zero-order valence-electron chi connectivity index (χ0n) is 12.2. The number of piperazine rings is 1. The lowest BCUT2D eigenvalue weighted by Crippen LogP contribution is -2.56. The van der Waals surface area contributed by atoms with E-state index in [9.17, 15) is 0 Å². The molecule has 0 aliphatic carbocycles. The normalized spacial score (nSPS) is 24.3. The average Bonchev–Trinajstić information content (AvgIpc) is 2.43. The number of ether oxygens (including phenoxy) is 1. The number of methoxy groups -OCH3 is 1. The molecule has 0 aromatic heterocycles. The lowest BCUT2D eigenvalue weighted by atomic mass is 10.1. The van der Waals surface area contributed by atoms with Crippen LogP contribution in [0.3, 0.4) is 0 Å². The molecule has 2 atom stereocenters. The Labute approximate surface area is 116 Å². The van der Waals surface area contributed by atoms with E-state index in [4.69, 9.17) is 4.74 Å².